The number of halogens is 1. The Bertz CT molecular complexity index is 390. The van der Waals surface area contributed by atoms with Gasteiger partial charge < -0.3 is 9.90 Å². The van der Waals surface area contributed by atoms with Crippen molar-refractivity contribution in [2.75, 3.05) is 6.61 Å². The van der Waals surface area contributed by atoms with Gasteiger partial charge in [0.15, 0.2) is 0 Å². The Labute approximate surface area is 94.1 Å². The lowest BCUT2D eigenvalue weighted by atomic mass is 10.0. The maximum Gasteiger partial charge on any atom is 0.126 e. The van der Waals surface area contributed by atoms with Crippen LogP contribution in [-0.4, -0.2) is 18.0 Å². The third kappa shape index (κ3) is 2.30. The Morgan fingerprint density at radius 1 is 1.50 bits per heavy atom. The molecule has 1 aliphatic carbocycles. The van der Waals surface area contributed by atoms with E-state index in [9.17, 15) is 9.18 Å². The number of benzene rings is 1. The molecule has 0 bridgehead atoms. The molecule has 0 spiro atoms. The highest BCUT2D eigenvalue weighted by molar-refractivity contribution is 5.51. The summed E-state index contributed by atoms with van der Waals surface area (Å²) in [4.78, 5) is 10.4. The Morgan fingerprint density at radius 3 is 3.00 bits per heavy atom. The second kappa shape index (κ2) is 4.74. The summed E-state index contributed by atoms with van der Waals surface area (Å²) in [7, 11) is 0. The molecule has 1 saturated carbocycles. The number of carbonyl (C=O) groups is 1. The zero-order valence-electron chi connectivity index (χ0n) is 9.03. The molecule has 1 N–H and O–H groups in total. The number of hydrogen-bond donors (Lipinski definition) is 1. The van der Waals surface area contributed by atoms with Gasteiger partial charge in [0.2, 0.25) is 0 Å². The highest BCUT2D eigenvalue weighted by Crippen LogP contribution is 2.49. The zero-order chi connectivity index (χ0) is 11.5. The molecule has 1 aromatic carbocycles. The minimum Gasteiger partial charge on any atom is -0.396 e. The van der Waals surface area contributed by atoms with E-state index in [1.54, 1.807) is 6.07 Å². The molecule has 3 heteroatoms. The Kier molecular flexibility index (Phi) is 3.34. The van der Waals surface area contributed by atoms with E-state index < -0.39 is 0 Å². The van der Waals surface area contributed by atoms with Crippen LogP contribution >= 0.6 is 0 Å². The Balaban J connectivity index is 2.11. The highest BCUT2D eigenvalue weighted by atomic mass is 19.1. The molecule has 0 radical (unpaired) electrons. The van der Waals surface area contributed by atoms with Crippen LogP contribution < -0.4 is 0 Å². The van der Waals surface area contributed by atoms with Crippen molar-refractivity contribution in [2.24, 2.45) is 5.92 Å². The van der Waals surface area contributed by atoms with Crippen LogP contribution in [0, 0.1) is 11.7 Å². The number of aldehydes is 1. The predicted molar refractivity (Wildman–Crippen MR) is 58.7 cm³/mol. The van der Waals surface area contributed by atoms with E-state index in [2.05, 4.69) is 0 Å². The van der Waals surface area contributed by atoms with Crippen molar-refractivity contribution in [3.8, 4) is 0 Å². The van der Waals surface area contributed by atoms with Gasteiger partial charge in [-0.25, -0.2) is 4.39 Å². The van der Waals surface area contributed by atoms with Crippen molar-refractivity contribution in [1.29, 1.82) is 0 Å². The van der Waals surface area contributed by atoms with Crippen LogP contribution in [0.2, 0.25) is 0 Å². The average molecular weight is 222 g/mol. The minimum atomic E-state index is -0.259. The first kappa shape index (κ1) is 11.3. The van der Waals surface area contributed by atoms with Gasteiger partial charge in [-0.05, 0) is 41.9 Å². The fraction of sp³-hybridized carbons (Fsp3) is 0.462. The zero-order valence-corrected chi connectivity index (χ0v) is 9.03. The van der Waals surface area contributed by atoms with Crippen molar-refractivity contribution in [3.05, 3.63) is 35.1 Å². The predicted octanol–water partition coefficient (Wildman–Crippen LogP) is 2.05. The van der Waals surface area contributed by atoms with Crippen molar-refractivity contribution < 1.29 is 14.3 Å². The fourth-order valence-electron chi connectivity index (χ4n) is 2.18. The van der Waals surface area contributed by atoms with Gasteiger partial charge in [-0.1, -0.05) is 12.1 Å². The number of hydrogen-bond acceptors (Lipinski definition) is 2. The van der Waals surface area contributed by atoms with E-state index in [-0.39, 0.29) is 12.4 Å². The molecule has 1 aliphatic rings. The summed E-state index contributed by atoms with van der Waals surface area (Å²) in [5, 5.41) is 8.81. The molecular formula is C13H15FO2. The van der Waals surface area contributed by atoms with E-state index >= 15 is 0 Å². The van der Waals surface area contributed by atoms with Crippen LogP contribution in [0.3, 0.4) is 0 Å². The van der Waals surface area contributed by atoms with Gasteiger partial charge in [0.05, 0.1) is 0 Å². The molecule has 2 unspecified atom stereocenters. The number of rotatable bonds is 5. The van der Waals surface area contributed by atoms with Crippen LogP contribution in [0.25, 0.3) is 0 Å². The van der Waals surface area contributed by atoms with E-state index in [1.807, 2.05) is 6.07 Å². The molecule has 0 heterocycles. The molecule has 2 rings (SSSR count). The van der Waals surface area contributed by atoms with Gasteiger partial charge in [-0.3, -0.25) is 0 Å². The largest absolute Gasteiger partial charge is 0.396 e. The molecule has 1 fully saturated rings. The third-order valence-corrected chi connectivity index (χ3v) is 3.20. The van der Waals surface area contributed by atoms with Crippen molar-refractivity contribution >= 4 is 6.29 Å². The van der Waals surface area contributed by atoms with Gasteiger partial charge in [0.25, 0.3) is 0 Å². The Morgan fingerprint density at radius 2 is 2.31 bits per heavy atom. The highest BCUT2D eigenvalue weighted by Gasteiger charge is 2.37. The average Bonchev–Trinajstić information content (AvgIpc) is 3.02. The maximum absolute atomic E-state index is 13.3. The Hall–Kier alpha value is -1.22. The van der Waals surface area contributed by atoms with Gasteiger partial charge in [0.1, 0.15) is 12.1 Å². The quantitative estimate of drug-likeness (QED) is 0.774. The molecule has 1 aromatic rings. The lowest BCUT2D eigenvalue weighted by molar-refractivity contribution is -0.108. The minimum absolute atomic E-state index is 0.0389. The van der Waals surface area contributed by atoms with Crippen molar-refractivity contribution in [3.63, 3.8) is 0 Å². The lowest BCUT2D eigenvalue weighted by Gasteiger charge is -2.05. The van der Waals surface area contributed by atoms with Gasteiger partial charge in [0, 0.05) is 13.0 Å². The van der Waals surface area contributed by atoms with Gasteiger partial charge >= 0.3 is 0 Å². The molecule has 0 saturated heterocycles. The van der Waals surface area contributed by atoms with E-state index in [0.29, 0.717) is 30.2 Å². The monoisotopic (exact) mass is 222 g/mol. The maximum atomic E-state index is 13.3. The van der Waals surface area contributed by atoms with Crippen LogP contribution in [0.5, 0.6) is 0 Å². The summed E-state index contributed by atoms with van der Waals surface area (Å²) in [5.41, 5.74) is 1.66. The SMILES string of the molecule is O=CCC1CC1c1ccc(F)c(CCO)c1. The molecule has 2 atom stereocenters. The number of aliphatic hydroxyl groups excluding tert-OH is 1. The summed E-state index contributed by atoms with van der Waals surface area (Å²) in [6.45, 7) is -0.0389. The van der Waals surface area contributed by atoms with E-state index in [0.717, 1.165) is 18.3 Å². The van der Waals surface area contributed by atoms with Crippen LogP contribution in [0.4, 0.5) is 4.39 Å². The third-order valence-electron chi connectivity index (χ3n) is 3.20. The molecule has 0 amide bonds. The smallest absolute Gasteiger partial charge is 0.126 e. The molecule has 16 heavy (non-hydrogen) atoms. The molecule has 0 aliphatic heterocycles. The first-order valence-corrected chi connectivity index (χ1v) is 5.59. The lowest BCUT2D eigenvalue weighted by Crippen LogP contribution is -1.97. The number of aliphatic hydroxyl groups is 1. The van der Waals surface area contributed by atoms with Gasteiger partial charge in [-0.15, -0.1) is 0 Å². The van der Waals surface area contributed by atoms with E-state index in [4.69, 9.17) is 5.11 Å². The van der Waals surface area contributed by atoms with E-state index in [1.165, 1.54) is 6.07 Å². The van der Waals surface area contributed by atoms with Crippen molar-refractivity contribution in [1.82, 2.24) is 0 Å². The summed E-state index contributed by atoms with van der Waals surface area (Å²) in [6.07, 6.45) is 2.91. The summed E-state index contributed by atoms with van der Waals surface area (Å²) in [6, 6.07) is 5.06. The molecular weight excluding hydrogens is 207 g/mol. The van der Waals surface area contributed by atoms with Crippen molar-refractivity contribution in [2.45, 2.75) is 25.2 Å². The first-order valence-electron chi connectivity index (χ1n) is 5.59. The summed E-state index contributed by atoms with van der Waals surface area (Å²) < 4.78 is 13.3. The first-order chi connectivity index (χ1) is 7.76. The second-order valence-electron chi connectivity index (χ2n) is 4.33. The summed E-state index contributed by atoms with van der Waals surface area (Å²) >= 11 is 0. The normalized spacial score (nSPS) is 23.1. The van der Waals surface area contributed by atoms with Crippen LogP contribution in [0.15, 0.2) is 18.2 Å². The molecule has 86 valence electrons. The van der Waals surface area contributed by atoms with Crippen LogP contribution in [0.1, 0.15) is 29.9 Å². The second-order valence-corrected chi connectivity index (χ2v) is 4.33. The molecule has 2 nitrogen and oxygen atoms in total. The summed E-state index contributed by atoms with van der Waals surface area (Å²) in [5.74, 6) is 0.582. The molecule has 0 aromatic heterocycles. The fourth-order valence-corrected chi connectivity index (χ4v) is 2.18. The topological polar surface area (TPSA) is 37.3 Å². The van der Waals surface area contributed by atoms with Crippen LogP contribution in [-0.2, 0) is 11.2 Å². The number of carbonyl (C=O) groups excluding carboxylic acids is 1. The van der Waals surface area contributed by atoms with Gasteiger partial charge in [-0.2, -0.15) is 0 Å². The standard InChI is InChI=1S/C13H15FO2/c14-13-2-1-9(7-11(13)4-6-16)12-8-10(12)3-5-15/h1-2,5,7,10,12,16H,3-4,6,8H2.